The molecule has 0 aliphatic carbocycles. The van der Waals surface area contributed by atoms with E-state index < -0.39 is 26.3 Å². The van der Waals surface area contributed by atoms with Crippen LogP contribution in [0.3, 0.4) is 0 Å². The summed E-state index contributed by atoms with van der Waals surface area (Å²) in [6, 6.07) is 18.0. The Bertz CT molecular complexity index is 717. The SMILES string of the molecule is CCCC(C(C)C(=O)c1ccccc1)C(Cl)(Cl)S(=O)c1ccccc1. The molecule has 2 aromatic carbocycles. The van der Waals surface area contributed by atoms with Crippen molar-refractivity contribution in [2.75, 3.05) is 0 Å². The summed E-state index contributed by atoms with van der Waals surface area (Å²) < 4.78 is 11.4. The summed E-state index contributed by atoms with van der Waals surface area (Å²) in [5.74, 6) is -0.894. The normalized spacial score (nSPS) is 15.4. The largest absolute Gasteiger partial charge is 0.294 e. The number of carbonyl (C=O) groups excluding carboxylic acids is 1. The molecule has 0 bridgehead atoms. The summed E-state index contributed by atoms with van der Waals surface area (Å²) in [5, 5.41) is 0. The summed E-state index contributed by atoms with van der Waals surface area (Å²) >= 11 is 13.2. The highest BCUT2D eigenvalue weighted by Gasteiger charge is 2.45. The lowest BCUT2D eigenvalue weighted by molar-refractivity contribution is 0.0882. The number of ketones is 1. The first-order valence-electron chi connectivity index (χ1n) is 8.33. The van der Waals surface area contributed by atoms with Crippen molar-refractivity contribution in [1.29, 1.82) is 0 Å². The van der Waals surface area contributed by atoms with Crippen molar-refractivity contribution in [2.45, 2.75) is 35.2 Å². The van der Waals surface area contributed by atoms with Gasteiger partial charge in [0.1, 0.15) is 0 Å². The van der Waals surface area contributed by atoms with Crippen LogP contribution < -0.4 is 0 Å². The van der Waals surface area contributed by atoms with Crippen LogP contribution >= 0.6 is 23.2 Å². The van der Waals surface area contributed by atoms with E-state index in [0.29, 0.717) is 16.9 Å². The Morgan fingerprint density at radius 3 is 2.08 bits per heavy atom. The van der Waals surface area contributed by atoms with Crippen LogP contribution in [-0.2, 0) is 10.8 Å². The molecule has 0 amide bonds. The molecule has 5 heteroatoms. The van der Waals surface area contributed by atoms with Crippen LogP contribution in [0.25, 0.3) is 0 Å². The second-order valence-corrected chi connectivity index (χ2v) is 9.54. The van der Waals surface area contributed by atoms with Gasteiger partial charge in [-0.2, -0.15) is 0 Å². The lowest BCUT2D eigenvalue weighted by Gasteiger charge is -2.33. The standard InChI is InChI=1S/C20H22Cl2O2S/c1-3-10-18(15(2)19(23)16-11-6-4-7-12-16)20(21,22)25(24)17-13-8-5-9-14-17/h4-9,11-15,18H,3,10H2,1-2H3. The molecule has 2 nitrogen and oxygen atoms in total. The molecule has 0 aromatic heterocycles. The average molecular weight is 397 g/mol. The van der Waals surface area contributed by atoms with Crippen LogP contribution in [0.4, 0.5) is 0 Å². The van der Waals surface area contributed by atoms with Crippen molar-refractivity contribution in [3.05, 3.63) is 66.2 Å². The van der Waals surface area contributed by atoms with Gasteiger partial charge in [0, 0.05) is 22.3 Å². The number of hydrogen-bond donors (Lipinski definition) is 0. The quantitative estimate of drug-likeness (QED) is 0.413. The van der Waals surface area contributed by atoms with Crippen LogP contribution in [0, 0.1) is 11.8 Å². The highest BCUT2D eigenvalue weighted by Crippen LogP contribution is 2.44. The van der Waals surface area contributed by atoms with Gasteiger partial charge in [-0.3, -0.25) is 9.00 Å². The zero-order valence-electron chi connectivity index (χ0n) is 14.3. The van der Waals surface area contributed by atoms with E-state index in [9.17, 15) is 9.00 Å². The molecule has 0 fully saturated rings. The van der Waals surface area contributed by atoms with Crippen molar-refractivity contribution >= 4 is 39.8 Å². The predicted molar refractivity (Wildman–Crippen MR) is 106 cm³/mol. The van der Waals surface area contributed by atoms with Gasteiger partial charge in [0.05, 0.1) is 10.8 Å². The Kier molecular flexibility index (Phi) is 7.24. The maximum atomic E-state index is 13.0. The molecule has 3 unspecified atom stereocenters. The van der Waals surface area contributed by atoms with Crippen LogP contribution in [0.1, 0.15) is 37.0 Å². The number of Topliss-reactive ketones (excluding diaryl/α,β-unsaturated/α-hetero) is 1. The fourth-order valence-corrected chi connectivity index (χ4v) is 5.35. The Labute approximate surface area is 162 Å². The van der Waals surface area contributed by atoms with Crippen LogP contribution in [0.15, 0.2) is 65.6 Å². The van der Waals surface area contributed by atoms with Crippen LogP contribution in [-0.4, -0.2) is 13.7 Å². The van der Waals surface area contributed by atoms with Gasteiger partial charge in [-0.05, 0) is 18.6 Å². The fraction of sp³-hybridized carbons (Fsp3) is 0.350. The molecule has 0 aliphatic heterocycles. The van der Waals surface area contributed by atoms with Crippen LogP contribution in [0.5, 0.6) is 0 Å². The molecule has 0 N–H and O–H groups in total. The van der Waals surface area contributed by atoms with E-state index in [1.807, 2.05) is 38.1 Å². The van der Waals surface area contributed by atoms with E-state index in [1.54, 1.807) is 36.4 Å². The van der Waals surface area contributed by atoms with Crippen molar-refractivity contribution in [1.82, 2.24) is 0 Å². The molecule has 0 heterocycles. The summed E-state index contributed by atoms with van der Waals surface area (Å²) in [6.07, 6.45) is 1.41. The second kappa shape index (κ2) is 8.98. The molecule has 0 saturated carbocycles. The Morgan fingerprint density at radius 1 is 1.04 bits per heavy atom. The first-order valence-corrected chi connectivity index (χ1v) is 10.2. The molecule has 2 rings (SSSR count). The second-order valence-electron chi connectivity index (χ2n) is 6.06. The zero-order chi connectivity index (χ0) is 18.4. The van der Waals surface area contributed by atoms with Crippen molar-refractivity contribution in [2.24, 2.45) is 11.8 Å². The molecule has 3 atom stereocenters. The molecule has 0 saturated heterocycles. The fourth-order valence-electron chi connectivity index (χ4n) is 2.91. The summed E-state index contributed by atoms with van der Waals surface area (Å²) in [7, 11) is -1.64. The minimum Gasteiger partial charge on any atom is -0.294 e. The topological polar surface area (TPSA) is 34.1 Å². The van der Waals surface area contributed by atoms with Crippen LogP contribution in [0.2, 0.25) is 0 Å². The van der Waals surface area contributed by atoms with Gasteiger partial charge in [-0.1, -0.05) is 92.0 Å². The predicted octanol–water partition coefficient (Wildman–Crippen LogP) is 5.86. The number of hydrogen-bond acceptors (Lipinski definition) is 2. The maximum Gasteiger partial charge on any atom is 0.199 e. The first-order chi connectivity index (χ1) is 11.9. The third-order valence-corrected chi connectivity index (χ3v) is 7.21. The van der Waals surface area contributed by atoms with Gasteiger partial charge < -0.3 is 0 Å². The highest BCUT2D eigenvalue weighted by atomic mass is 35.5. The van der Waals surface area contributed by atoms with Crippen molar-refractivity contribution in [3.8, 4) is 0 Å². The van der Waals surface area contributed by atoms with E-state index in [4.69, 9.17) is 23.2 Å². The van der Waals surface area contributed by atoms with E-state index in [-0.39, 0.29) is 5.78 Å². The molecule has 25 heavy (non-hydrogen) atoms. The van der Waals surface area contributed by atoms with Gasteiger partial charge in [0.2, 0.25) is 0 Å². The van der Waals surface area contributed by atoms with E-state index in [1.165, 1.54) is 0 Å². The third kappa shape index (κ3) is 4.72. The zero-order valence-corrected chi connectivity index (χ0v) is 16.7. The van der Waals surface area contributed by atoms with Gasteiger partial charge >= 0.3 is 0 Å². The minimum atomic E-state index is -1.64. The van der Waals surface area contributed by atoms with Gasteiger partial charge in [0.25, 0.3) is 0 Å². The van der Waals surface area contributed by atoms with Gasteiger partial charge in [-0.25, -0.2) is 0 Å². The van der Waals surface area contributed by atoms with Crippen molar-refractivity contribution < 1.29 is 9.00 Å². The van der Waals surface area contributed by atoms with E-state index in [0.717, 1.165) is 6.42 Å². The molecule has 0 radical (unpaired) electrons. The Morgan fingerprint density at radius 2 is 1.56 bits per heavy atom. The third-order valence-electron chi connectivity index (χ3n) is 4.31. The van der Waals surface area contributed by atoms with Gasteiger partial charge in [-0.15, -0.1) is 0 Å². The number of halogens is 2. The molecule has 0 spiro atoms. The Hall–Kier alpha value is -1.16. The lowest BCUT2D eigenvalue weighted by atomic mass is 9.85. The average Bonchev–Trinajstić information content (AvgIpc) is 2.65. The van der Waals surface area contributed by atoms with E-state index in [2.05, 4.69) is 0 Å². The molecule has 2 aromatic rings. The number of carbonyl (C=O) groups is 1. The molecular formula is C20H22Cl2O2S. The van der Waals surface area contributed by atoms with Crippen molar-refractivity contribution in [3.63, 3.8) is 0 Å². The minimum absolute atomic E-state index is 0.0326. The lowest BCUT2D eigenvalue weighted by Crippen LogP contribution is -2.38. The highest BCUT2D eigenvalue weighted by molar-refractivity contribution is 7.89. The first kappa shape index (κ1) is 20.2. The van der Waals surface area contributed by atoms with Gasteiger partial charge in [0.15, 0.2) is 9.45 Å². The smallest absolute Gasteiger partial charge is 0.199 e. The number of rotatable bonds is 8. The Balaban J connectivity index is 2.32. The molecule has 0 aliphatic rings. The summed E-state index contributed by atoms with van der Waals surface area (Å²) in [4.78, 5) is 13.4. The summed E-state index contributed by atoms with van der Waals surface area (Å²) in [5.41, 5.74) is 0.616. The molecule has 134 valence electrons. The maximum absolute atomic E-state index is 13.0. The van der Waals surface area contributed by atoms with E-state index >= 15 is 0 Å². The number of benzene rings is 2. The monoisotopic (exact) mass is 396 g/mol. The number of alkyl halides is 2. The summed E-state index contributed by atoms with van der Waals surface area (Å²) in [6.45, 7) is 3.82. The molecular weight excluding hydrogens is 375 g/mol.